The van der Waals surface area contributed by atoms with Crippen molar-refractivity contribution in [3.63, 3.8) is 0 Å². The molecule has 94 valence electrons. The third-order valence-corrected chi connectivity index (χ3v) is 2.37. The Labute approximate surface area is 107 Å². The quantitative estimate of drug-likeness (QED) is 0.793. The second-order valence-electron chi connectivity index (χ2n) is 3.67. The summed E-state index contributed by atoms with van der Waals surface area (Å²) >= 11 is 0. The van der Waals surface area contributed by atoms with Crippen molar-refractivity contribution < 1.29 is 18.3 Å². The lowest BCUT2D eigenvalue weighted by atomic mass is 10.2. The third kappa shape index (κ3) is 2.75. The van der Waals surface area contributed by atoms with Gasteiger partial charge in [-0.3, -0.25) is 4.79 Å². The van der Waals surface area contributed by atoms with Gasteiger partial charge in [0.15, 0.2) is 23.1 Å². The fourth-order valence-electron chi connectivity index (χ4n) is 1.44. The van der Waals surface area contributed by atoms with E-state index < -0.39 is 11.6 Å². The van der Waals surface area contributed by atoms with Crippen LogP contribution in [0.3, 0.4) is 0 Å². The summed E-state index contributed by atoms with van der Waals surface area (Å²) in [5.41, 5.74) is 0.298. The lowest BCUT2D eigenvalue weighted by molar-refractivity contribution is 0.112. The van der Waals surface area contributed by atoms with E-state index in [2.05, 4.69) is 0 Å². The zero-order valence-corrected chi connectivity index (χ0v) is 9.56. The SMILES string of the molecule is N#Cc1ccc(Oc2ccc(C=O)cc2F)c(F)c1. The average molecular weight is 259 g/mol. The topological polar surface area (TPSA) is 50.1 Å². The van der Waals surface area contributed by atoms with Crippen LogP contribution in [0.5, 0.6) is 11.5 Å². The number of hydrogen-bond donors (Lipinski definition) is 0. The van der Waals surface area contributed by atoms with Crippen LogP contribution < -0.4 is 4.74 Å². The van der Waals surface area contributed by atoms with Gasteiger partial charge >= 0.3 is 0 Å². The van der Waals surface area contributed by atoms with Crippen LogP contribution in [0.25, 0.3) is 0 Å². The van der Waals surface area contributed by atoms with E-state index in [0.717, 1.165) is 12.1 Å². The molecule has 2 aromatic rings. The molecule has 5 heteroatoms. The molecule has 0 bridgehead atoms. The molecule has 2 rings (SSSR count). The van der Waals surface area contributed by atoms with E-state index in [0.29, 0.717) is 6.29 Å². The largest absolute Gasteiger partial charge is 0.451 e. The fraction of sp³-hybridized carbons (Fsp3) is 0. The number of ether oxygens (including phenoxy) is 1. The van der Waals surface area contributed by atoms with Crippen LogP contribution in [0.15, 0.2) is 36.4 Å². The summed E-state index contributed by atoms with van der Waals surface area (Å²) in [6.45, 7) is 0. The maximum Gasteiger partial charge on any atom is 0.167 e. The van der Waals surface area contributed by atoms with Crippen LogP contribution >= 0.6 is 0 Å². The fourth-order valence-corrected chi connectivity index (χ4v) is 1.44. The molecule has 0 aliphatic rings. The van der Waals surface area contributed by atoms with Crippen molar-refractivity contribution in [2.75, 3.05) is 0 Å². The number of hydrogen-bond acceptors (Lipinski definition) is 3. The number of halogens is 2. The van der Waals surface area contributed by atoms with Crippen molar-refractivity contribution in [1.29, 1.82) is 5.26 Å². The Hall–Kier alpha value is -2.74. The zero-order valence-electron chi connectivity index (χ0n) is 9.56. The molecular formula is C14H7F2NO2. The second kappa shape index (κ2) is 5.27. The molecule has 2 aromatic carbocycles. The number of nitrogens with zero attached hydrogens (tertiary/aromatic N) is 1. The highest BCUT2D eigenvalue weighted by atomic mass is 19.1. The minimum atomic E-state index is -0.770. The second-order valence-corrected chi connectivity index (χ2v) is 3.67. The van der Waals surface area contributed by atoms with Crippen LogP contribution in [0.4, 0.5) is 8.78 Å². The summed E-state index contributed by atoms with van der Waals surface area (Å²) in [6.07, 6.45) is 0.495. The Morgan fingerprint density at radius 1 is 1.05 bits per heavy atom. The molecule has 0 saturated carbocycles. The van der Waals surface area contributed by atoms with Gasteiger partial charge in [0.05, 0.1) is 11.6 Å². The van der Waals surface area contributed by atoms with E-state index in [1.807, 2.05) is 0 Å². The number of nitriles is 1. The van der Waals surface area contributed by atoms with Gasteiger partial charge in [0.25, 0.3) is 0 Å². The van der Waals surface area contributed by atoms with Gasteiger partial charge < -0.3 is 4.74 Å². The maximum absolute atomic E-state index is 13.5. The lowest BCUT2D eigenvalue weighted by Gasteiger charge is -2.08. The molecule has 0 unspecified atom stereocenters. The number of aldehydes is 1. The molecule has 0 saturated heterocycles. The van der Waals surface area contributed by atoms with E-state index in [4.69, 9.17) is 10.00 Å². The van der Waals surface area contributed by atoms with Gasteiger partial charge in [0.2, 0.25) is 0 Å². The van der Waals surface area contributed by atoms with Gasteiger partial charge in [-0.2, -0.15) is 5.26 Å². The van der Waals surface area contributed by atoms with Gasteiger partial charge in [-0.1, -0.05) is 0 Å². The minimum absolute atomic E-state index is 0.140. The highest BCUT2D eigenvalue weighted by molar-refractivity contribution is 5.75. The third-order valence-electron chi connectivity index (χ3n) is 2.37. The van der Waals surface area contributed by atoms with Crippen molar-refractivity contribution in [2.45, 2.75) is 0 Å². The van der Waals surface area contributed by atoms with E-state index >= 15 is 0 Å². The monoisotopic (exact) mass is 259 g/mol. The standard InChI is InChI=1S/C14H7F2NO2/c15-11-5-9(7-17)1-3-13(11)19-14-4-2-10(8-18)6-12(14)16/h1-6,8H. The Kier molecular flexibility index (Phi) is 3.53. The Bertz CT molecular complexity index is 678. The normalized spacial score (nSPS) is 9.74. The first kappa shape index (κ1) is 12.7. The van der Waals surface area contributed by atoms with Crippen molar-refractivity contribution in [3.05, 3.63) is 59.2 Å². The molecule has 0 N–H and O–H groups in total. The summed E-state index contributed by atoms with van der Waals surface area (Å²) in [5.74, 6) is -1.93. The van der Waals surface area contributed by atoms with Crippen molar-refractivity contribution >= 4 is 6.29 Å². The number of benzene rings is 2. The first-order valence-electron chi connectivity index (χ1n) is 5.26. The number of rotatable bonds is 3. The zero-order chi connectivity index (χ0) is 13.8. The van der Waals surface area contributed by atoms with Crippen LogP contribution in [0.1, 0.15) is 15.9 Å². The summed E-state index contributed by atoms with van der Waals surface area (Å²) in [7, 11) is 0. The Balaban J connectivity index is 2.31. The van der Waals surface area contributed by atoms with Gasteiger partial charge in [0, 0.05) is 5.56 Å². The summed E-state index contributed by atoms with van der Waals surface area (Å²) < 4.78 is 32.2. The van der Waals surface area contributed by atoms with E-state index in [9.17, 15) is 13.6 Å². The minimum Gasteiger partial charge on any atom is -0.451 e. The van der Waals surface area contributed by atoms with E-state index in [1.165, 1.54) is 24.3 Å². The molecule has 0 atom stereocenters. The lowest BCUT2D eigenvalue weighted by Crippen LogP contribution is -1.93. The van der Waals surface area contributed by atoms with Gasteiger partial charge in [-0.05, 0) is 36.4 Å². The molecule has 0 radical (unpaired) electrons. The summed E-state index contributed by atoms with van der Waals surface area (Å²) in [5, 5.41) is 8.59. The Morgan fingerprint density at radius 3 is 2.21 bits per heavy atom. The molecule has 0 aliphatic heterocycles. The predicted molar refractivity (Wildman–Crippen MR) is 63.0 cm³/mol. The first-order valence-corrected chi connectivity index (χ1v) is 5.26. The smallest absolute Gasteiger partial charge is 0.167 e. The molecular weight excluding hydrogens is 252 g/mol. The molecule has 0 aliphatic carbocycles. The van der Waals surface area contributed by atoms with Crippen LogP contribution in [0.2, 0.25) is 0 Å². The van der Waals surface area contributed by atoms with Crippen molar-refractivity contribution in [1.82, 2.24) is 0 Å². The van der Waals surface area contributed by atoms with Gasteiger partial charge in [0.1, 0.15) is 6.29 Å². The number of carbonyl (C=O) groups excluding carboxylic acids is 1. The maximum atomic E-state index is 13.5. The van der Waals surface area contributed by atoms with Crippen molar-refractivity contribution in [2.24, 2.45) is 0 Å². The predicted octanol–water partition coefficient (Wildman–Crippen LogP) is 3.44. The van der Waals surface area contributed by atoms with Gasteiger partial charge in [-0.25, -0.2) is 8.78 Å². The van der Waals surface area contributed by atoms with Crippen LogP contribution in [-0.4, -0.2) is 6.29 Å². The highest BCUT2D eigenvalue weighted by Gasteiger charge is 2.10. The molecule has 0 fully saturated rings. The first-order chi connectivity index (χ1) is 9.13. The van der Waals surface area contributed by atoms with E-state index in [-0.39, 0.29) is 22.6 Å². The number of carbonyl (C=O) groups is 1. The molecule has 0 heterocycles. The van der Waals surface area contributed by atoms with Crippen LogP contribution in [0, 0.1) is 23.0 Å². The molecule has 0 amide bonds. The summed E-state index contributed by atoms with van der Waals surface area (Å²) in [6, 6.07) is 8.94. The van der Waals surface area contributed by atoms with E-state index in [1.54, 1.807) is 6.07 Å². The van der Waals surface area contributed by atoms with Crippen molar-refractivity contribution in [3.8, 4) is 17.6 Å². The Morgan fingerprint density at radius 2 is 1.68 bits per heavy atom. The molecule has 3 nitrogen and oxygen atoms in total. The molecule has 0 aromatic heterocycles. The van der Waals surface area contributed by atoms with Crippen LogP contribution in [-0.2, 0) is 0 Å². The summed E-state index contributed by atoms with van der Waals surface area (Å²) in [4.78, 5) is 10.5. The van der Waals surface area contributed by atoms with Gasteiger partial charge in [-0.15, -0.1) is 0 Å². The molecule has 0 spiro atoms. The highest BCUT2D eigenvalue weighted by Crippen LogP contribution is 2.27. The average Bonchev–Trinajstić information content (AvgIpc) is 2.42. The molecule has 19 heavy (non-hydrogen) atoms.